The first-order chi connectivity index (χ1) is 9.31. The summed E-state index contributed by atoms with van der Waals surface area (Å²) >= 11 is 5.61. The fourth-order valence-corrected chi connectivity index (χ4v) is 3.09. The van der Waals surface area contributed by atoms with Crippen LogP contribution in [0.1, 0.15) is 0 Å². The maximum Gasteiger partial charge on any atom is 0.263 e. The van der Waals surface area contributed by atoms with Gasteiger partial charge in [0, 0.05) is 0 Å². The Hall–Kier alpha value is -1.73. The third-order valence-corrected chi connectivity index (χ3v) is 4.22. The average molecular weight is 322 g/mol. The highest BCUT2D eigenvalue weighted by Gasteiger charge is 2.21. The first-order valence-corrected chi connectivity index (χ1v) is 7.09. The molecule has 2 aromatic carbocycles. The van der Waals surface area contributed by atoms with E-state index in [1.54, 1.807) is 4.72 Å². The molecule has 0 fully saturated rings. The number of halogens is 4. The van der Waals surface area contributed by atoms with E-state index in [0.29, 0.717) is 0 Å². The van der Waals surface area contributed by atoms with Gasteiger partial charge >= 0.3 is 0 Å². The normalized spacial score (nSPS) is 11.4. The smallest absolute Gasteiger partial charge is 0.263 e. The van der Waals surface area contributed by atoms with Crippen LogP contribution in [0.15, 0.2) is 41.3 Å². The highest BCUT2D eigenvalue weighted by Crippen LogP contribution is 2.26. The minimum Gasteiger partial charge on any atom is -0.274 e. The molecule has 0 saturated heterocycles. The van der Waals surface area contributed by atoms with E-state index in [1.807, 2.05) is 0 Å². The van der Waals surface area contributed by atoms with Gasteiger partial charge < -0.3 is 0 Å². The van der Waals surface area contributed by atoms with Gasteiger partial charge in [-0.1, -0.05) is 17.7 Å². The van der Waals surface area contributed by atoms with Gasteiger partial charge in [-0.05, 0) is 30.3 Å². The van der Waals surface area contributed by atoms with E-state index in [4.69, 9.17) is 11.6 Å². The Balaban J connectivity index is 2.46. The Morgan fingerprint density at radius 3 is 2.15 bits per heavy atom. The minimum absolute atomic E-state index is 0.394. The van der Waals surface area contributed by atoms with Crippen LogP contribution in [0.5, 0.6) is 0 Å². The zero-order chi connectivity index (χ0) is 14.9. The number of anilines is 1. The fraction of sp³-hybridized carbons (Fsp3) is 0. The third kappa shape index (κ3) is 2.88. The number of rotatable bonds is 3. The molecular weight excluding hydrogens is 315 g/mol. The summed E-state index contributed by atoms with van der Waals surface area (Å²) < 4.78 is 65.4. The first-order valence-electron chi connectivity index (χ1n) is 5.23. The molecule has 0 aliphatic heterocycles. The molecule has 3 nitrogen and oxygen atoms in total. The lowest BCUT2D eigenvalue weighted by atomic mass is 10.3. The van der Waals surface area contributed by atoms with E-state index in [1.165, 1.54) is 0 Å². The van der Waals surface area contributed by atoms with Crippen molar-refractivity contribution in [2.75, 3.05) is 4.72 Å². The van der Waals surface area contributed by atoms with Crippen LogP contribution >= 0.6 is 11.6 Å². The molecule has 2 rings (SSSR count). The SMILES string of the molecule is O=S(=O)(Nc1c(F)cccc1F)c1ccc(F)cc1Cl. The summed E-state index contributed by atoms with van der Waals surface area (Å²) in [5.74, 6) is -2.88. The molecule has 0 bridgehead atoms. The molecule has 2 aromatic rings. The van der Waals surface area contributed by atoms with Gasteiger partial charge in [-0.15, -0.1) is 0 Å². The molecule has 0 saturated carbocycles. The van der Waals surface area contributed by atoms with E-state index in [9.17, 15) is 21.6 Å². The molecule has 0 heterocycles. The van der Waals surface area contributed by atoms with E-state index in [0.717, 1.165) is 36.4 Å². The second-order valence-corrected chi connectivity index (χ2v) is 5.83. The summed E-state index contributed by atoms with van der Waals surface area (Å²) in [5, 5.41) is -0.394. The number of nitrogens with one attached hydrogen (secondary N) is 1. The van der Waals surface area contributed by atoms with Gasteiger partial charge in [-0.2, -0.15) is 0 Å². The van der Waals surface area contributed by atoms with E-state index < -0.39 is 43.1 Å². The molecule has 0 aromatic heterocycles. The third-order valence-electron chi connectivity index (χ3n) is 2.38. The van der Waals surface area contributed by atoms with Gasteiger partial charge in [0.1, 0.15) is 28.0 Å². The Bertz CT molecular complexity index is 745. The Morgan fingerprint density at radius 2 is 1.60 bits per heavy atom. The monoisotopic (exact) mass is 321 g/mol. The second kappa shape index (κ2) is 5.34. The van der Waals surface area contributed by atoms with Crippen LogP contribution < -0.4 is 4.72 Å². The summed E-state index contributed by atoms with van der Waals surface area (Å²) in [7, 11) is -4.33. The van der Waals surface area contributed by atoms with E-state index in [-0.39, 0.29) is 0 Å². The van der Waals surface area contributed by atoms with Crippen molar-refractivity contribution in [1.29, 1.82) is 0 Å². The van der Waals surface area contributed by atoms with Gasteiger partial charge in [0.2, 0.25) is 0 Å². The number of para-hydroxylation sites is 1. The molecular formula is C12H7ClF3NO2S. The van der Waals surface area contributed by atoms with Crippen LogP contribution in [-0.4, -0.2) is 8.42 Å². The average Bonchev–Trinajstić information content (AvgIpc) is 2.33. The Kier molecular flexibility index (Phi) is 3.92. The molecule has 20 heavy (non-hydrogen) atoms. The van der Waals surface area contributed by atoms with Crippen molar-refractivity contribution < 1.29 is 21.6 Å². The zero-order valence-electron chi connectivity index (χ0n) is 9.70. The van der Waals surface area contributed by atoms with Gasteiger partial charge in [0.25, 0.3) is 10.0 Å². The standard InChI is InChI=1S/C12H7ClF3NO2S/c13-8-6-7(14)4-5-11(8)20(18,19)17-12-9(15)2-1-3-10(12)16/h1-6,17H. The van der Waals surface area contributed by atoms with Crippen molar-refractivity contribution >= 4 is 27.3 Å². The van der Waals surface area contributed by atoms with Crippen molar-refractivity contribution in [3.63, 3.8) is 0 Å². The zero-order valence-corrected chi connectivity index (χ0v) is 11.3. The van der Waals surface area contributed by atoms with Crippen LogP contribution in [0.3, 0.4) is 0 Å². The lowest BCUT2D eigenvalue weighted by Gasteiger charge is -2.10. The molecule has 0 aliphatic carbocycles. The van der Waals surface area contributed by atoms with Gasteiger partial charge in [0.05, 0.1) is 5.02 Å². The molecule has 0 atom stereocenters. The summed E-state index contributed by atoms with van der Waals surface area (Å²) in [4.78, 5) is -0.483. The van der Waals surface area contributed by atoms with Crippen molar-refractivity contribution in [1.82, 2.24) is 0 Å². The van der Waals surface area contributed by atoms with Gasteiger partial charge in [-0.3, -0.25) is 4.72 Å². The topological polar surface area (TPSA) is 46.2 Å². The Morgan fingerprint density at radius 1 is 1.00 bits per heavy atom. The second-order valence-electron chi connectivity index (χ2n) is 3.78. The minimum atomic E-state index is -4.33. The molecule has 106 valence electrons. The molecule has 0 radical (unpaired) electrons. The van der Waals surface area contributed by atoms with Crippen molar-refractivity contribution in [3.8, 4) is 0 Å². The number of benzene rings is 2. The molecule has 0 spiro atoms. The largest absolute Gasteiger partial charge is 0.274 e. The first kappa shape index (κ1) is 14.7. The van der Waals surface area contributed by atoms with Gasteiger partial charge in [0.15, 0.2) is 0 Å². The van der Waals surface area contributed by atoms with Crippen LogP contribution in [0.2, 0.25) is 5.02 Å². The summed E-state index contributed by atoms with van der Waals surface area (Å²) in [6.07, 6.45) is 0. The van der Waals surface area contributed by atoms with Crippen molar-refractivity contribution in [2.45, 2.75) is 4.90 Å². The van der Waals surface area contributed by atoms with Crippen LogP contribution in [0, 0.1) is 17.5 Å². The Labute approximate surface area is 118 Å². The maximum atomic E-state index is 13.4. The molecule has 8 heteroatoms. The molecule has 0 aliphatic rings. The van der Waals surface area contributed by atoms with Crippen molar-refractivity contribution in [2.24, 2.45) is 0 Å². The number of hydrogen-bond donors (Lipinski definition) is 1. The molecule has 1 N–H and O–H groups in total. The molecule has 0 amide bonds. The summed E-state index contributed by atoms with van der Waals surface area (Å²) in [6, 6.07) is 5.44. The fourth-order valence-electron chi connectivity index (χ4n) is 1.48. The highest BCUT2D eigenvalue weighted by molar-refractivity contribution is 7.92. The lowest BCUT2D eigenvalue weighted by Crippen LogP contribution is -2.15. The van der Waals surface area contributed by atoms with Crippen LogP contribution in [0.4, 0.5) is 18.9 Å². The number of hydrogen-bond acceptors (Lipinski definition) is 2. The van der Waals surface area contributed by atoms with E-state index in [2.05, 4.69) is 0 Å². The van der Waals surface area contributed by atoms with Gasteiger partial charge in [-0.25, -0.2) is 21.6 Å². The quantitative estimate of drug-likeness (QED) is 0.939. The molecule has 0 unspecified atom stereocenters. The lowest BCUT2D eigenvalue weighted by molar-refractivity contribution is 0.582. The summed E-state index contributed by atoms with van der Waals surface area (Å²) in [5.41, 5.74) is -0.826. The highest BCUT2D eigenvalue weighted by atomic mass is 35.5. The number of sulfonamides is 1. The summed E-state index contributed by atoms with van der Waals surface area (Å²) in [6.45, 7) is 0. The predicted octanol–water partition coefficient (Wildman–Crippen LogP) is 3.56. The van der Waals surface area contributed by atoms with Crippen molar-refractivity contribution in [3.05, 3.63) is 58.9 Å². The maximum absolute atomic E-state index is 13.4. The van der Waals surface area contributed by atoms with Crippen LogP contribution in [0.25, 0.3) is 0 Å². The van der Waals surface area contributed by atoms with E-state index >= 15 is 0 Å². The van der Waals surface area contributed by atoms with Crippen LogP contribution in [-0.2, 0) is 10.0 Å². The predicted molar refractivity (Wildman–Crippen MR) is 68.6 cm³/mol.